The molecule has 0 radical (unpaired) electrons. The van der Waals surface area contributed by atoms with Gasteiger partial charge in [-0.3, -0.25) is 0 Å². The van der Waals surface area contributed by atoms with Gasteiger partial charge in [-0.05, 0) is 12.1 Å². The van der Waals surface area contributed by atoms with Crippen molar-refractivity contribution in [2.24, 2.45) is 0 Å². The highest BCUT2D eigenvalue weighted by molar-refractivity contribution is 5.52. The summed E-state index contributed by atoms with van der Waals surface area (Å²) in [5.41, 5.74) is 0.930. The lowest BCUT2D eigenvalue weighted by Gasteiger charge is -2.08. The quantitative estimate of drug-likeness (QED) is 0.741. The average Bonchev–Trinajstić information content (AvgIpc) is 2.81. The second-order valence-electron chi connectivity index (χ2n) is 3.24. The van der Waals surface area contributed by atoms with Crippen molar-refractivity contribution in [1.82, 2.24) is 4.98 Å². The Kier molecular flexibility index (Phi) is 3.34. The molecule has 4 heteroatoms. The lowest BCUT2D eigenvalue weighted by atomic mass is 10.2. The van der Waals surface area contributed by atoms with E-state index in [-0.39, 0.29) is 0 Å². The Bertz CT molecular complexity index is 435. The number of rotatable bonds is 4. The van der Waals surface area contributed by atoms with E-state index >= 15 is 0 Å². The lowest BCUT2D eigenvalue weighted by Crippen LogP contribution is -2.01. The molecule has 0 aliphatic carbocycles. The molecule has 84 valence electrons. The first-order valence-electron chi connectivity index (χ1n) is 4.92. The molecule has 0 saturated heterocycles. The molecule has 0 aliphatic rings. The van der Waals surface area contributed by atoms with Crippen molar-refractivity contribution in [2.45, 2.75) is 6.29 Å². The van der Waals surface area contributed by atoms with Crippen molar-refractivity contribution >= 4 is 0 Å². The van der Waals surface area contributed by atoms with Crippen LogP contribution in [0.25, 0.3) is 11.5 Å². The van der Waals surface area contributed by atoms with E-state index < -0.39 is 6.29 Å². The van der Waals surface area contributed by atoms with Gasteiger partial charge < -0.3 is 13.9 Å². The Labute approximate surface area is 93.8 Å². The van der Waals surface area contributed by atoms with Gasteiger partial charge >= 0.3 is 0 Å². The molecule has 0 saturated carbocycles. The maximum Gasteiger partial charge on any atom is 0.226 e. The predicted octanol–water partition coefficient (Wildman–Crippen LogP) is 2.63. The summed E-state index contributed by atoms with van der Waals surface area (Å²) >= 11 is 0. The van der Waals surface area contributed by atoms with E-state index in [9.17, 15) is 0 Å². The molecule has 0 atom stereocenters. The number of benzene rings is 1. The van der Waals surface area contributed by atoms with Gasteiger partial charge in [0.2, 0.25) is 12.2 Å². The van der Waals surface area contributed by atoms with Crippen LogP contribution in [-0.2, 0) is 9.47 Å². The van der Waals surface area contributed by atoms with Gasteiger partial charge in [0, 0.05) is 19.8 Å². The largest absolute Gasteiger partial charge is 0.436 e. The minimum Gasteiger partial charge on any atom is -0.436 e. The minimum absolute atomic E-state index is 0.509. The minimum atomic E-state index is -0.509. The molecule has 1 aromatic heterocycles. The molecule has 1 aromatic carbocycles. The van der Waals surface area contributed by atoms with Crippen LogP contribution in [0.5, 0.6) is 0 Å². The van der Waals surface area contributed by atoms with Gasteiger partial charge in [0.25, 0.3) is 0 Å². The Morgan fingerprint density at radius 3 is 2.44 bits per heavy atom. The molecule has 1 heterocycles. The Balaban J connectivity index is 2.26. The molecule has 0 N–H and O–H groups in total. The van der Waals surface area contributed by atoms with Crippen molar-refractivity contribution in [1.29, 1.82) is 0 Å². The normalized spacial score (nSPS) is 10.9. The molecule has 16 heavy (non-hydrogen) atoms. The van der Waals surface area contributed by atoms with Gasteiger partial charge in [-0.1, -0.05) is 18.2 Å². The van der Waals surface area contributed by atoms with Crippen LogP contribution in [-0.4, -0.2) is 19.2 Å². The summed E-state index contributed by atoms with van der Waals surface area (Å²) in [6, 6.07) is 9.68. The van der Waals surface area contributed by atoms with E-state index in [1.165, 1.54) is 0 Å². The van der Waals surface area contributed by atoms with Crippen molar-refractivity contribution in [3.8, 4) is 11.5 Å². The van der Waals surface area contributed by atoms with Crippen molar-refractivity contribution in [3.05, 3.63) is 42.3 Å². The molecule has 0 bridgehead atoms. The molecule has 0 unspecified atom stereocenters. The van der Waals surface area contributed by atoms with Crippen LogP contribution < -0.4 is 0 Å². The van der Waals surface area contributed by atoms with Crippen molar-refractivity contribution < 1.29 is 13.9 Å². The molecular formula is C12H13NO3. The third kappa shape index (κ3) is 2.13. The van der Waals surface area contributed by atoms with Gasteiger partial charge in [-0.2, -0.15) is 0 Å². The first-order valence-corrected chi connectivity index (χ1v) is 4.92. The second kappa shape index (κ2) is 4.92. The Hall–Kier alpha value is -1.65. The van der Waals surface area contributed by atoms with E-state index in [1.807, 2.05) is 30.3 Å². The van der Waals surface area contributed by atoms with Crippen molar-refractivity contribution in [3.63, 3.8) is 0 Å². The fourth-order valence-electron chi connectivity index (χ4n) is 1.44. The lowest BCUT2D eigenvalue weighted by molar-refractivity contribution is -0.117. The van der Waals surface area contributed by atoms with Crippen molar-refractivity contribution in [2.75, 3.05) is 14.2 Å². The van der Waals surface area contributed by atoms with E-state index in [0.717, 1.165) is 5.56 Å². The summed E-state index contributed by atoms with van der Waals surface area (Å²) in [4.78, 5) is 4.18. The zero-order chi connectivity index (χ0) is 11.4. The second-order valence-corrected chi connectivity index (χ2v) is 3.24. The highest BCUT2D eigenvalue weighted by Crippen LogP contribution is 2.23. The first kappa shape index (κ1) is 10.9. The van der Waals surface area contributed by atoms with Crippen LogP contribution in [0.4, 0.5) is 0 Å². The molecule has 4 nitrogen and oxygen atoms in total. The summed E-state index contributed by atoms with van der Waals surface area (Å²) in [6.45, 7) is 0. The SMILES string of the molecule is COC(OC)c1cnc(-c2ccccc2)o1. The molecule has 0 fully saturated rings. The fourth-order valence-corrected chi connectivity index (χ4v) is 1.44. The van der Waals surface area contributed by atoms with Crippen LogP contribution in [0, 0.1) is 0 Å². The third-order valence-corrected chi connectivity index (χ3v) is 2.20. The van der Waals surface area contributed by atoms with E-state index in [1.54, 1.807) is 20.4 Å². The van der Waals surface area contributed by atoms with Gasteiger partial charge in [-0.25, -0.2) is 4.98 Å². The predicted molar refractivity (Wildman–Crippen MR) is 58.7 cm³/mol. The zero-order valence-corrected chi connectivity index (χ0v) is 9.21. The van der Waals surface area contributed by atoms with E-state index in [2.05, 4.69) is 4.98 Å². The monoisotopic (exact) mass is 219 g/mol. The smallest absolute Gasteiger partial charge is 0.226 e. The first-order chi connectivity index (χ1) is 7.85. The van der Waals surface area contributed by atoms with Gasteiger partial charge in [0.1, 0.15) is 0 Å². The maximum atomic E-state index is 5.55. The van der Waals surface area contributed by atoms with Crippen LogP contribution >= 0.6 is 0 Å². The van der Waals surface area contributed by atoms with Crippen LogP contribution in [0.1, 0.15) is 12.1 Å². The summed E-state index contributed by atoms with van der Waals surface area (Å²) in [6.07, 6.45) is 1.10. The highest BCUT2D eigenvalue weighted by atomic mass is 16.7. The topological polar surface area (TPSA) is 44.5 Å². The summed E-state index contributed by atoms with van der Waals surface area (Å²) < 4.78 is 15.7. The highest BCUT2D eigenvalue weighted by Gasteiger charge is 2.15. The number of hydrogen-bond donors (Lipinski definition) is 0. The van der Waals surface area contributed by atoms with Crippen LogP contribution in [0.2, 0.25) is 0 Å². The number of methoxy groups -OCH3 is 2. The molecule has 2 rings (SSSR count). The van der Waals surface area contributed by atoms with Gasteiger partial charge in [0.15, 0.2) is 5.76 Å². The van der Waals surface area contributed by atoms with Crippen LogP contribution in [0.3, 0.4) is 0 Å². The van der Waals surface area contributed by atoms with Crippen LogP contribution in [0.15, 0.2) is 40.9 Å². The number of aromatic nitrogens is 1. The third-order valence-electron chi connectivity index (χ3n) is 2.20. The standard InChI is InChI=1S/C12H13NO3/c1-14-12(15-2)10-8-13-11(16-10)9-6-4-3-5-7-9/h3-8,12H,1-2H3. The maximum absolute atomic E-state index is 5.55. The van der Waals surface area contributed by atoms with E-state index in [4.69, 9.17) is 13.9 Å². The Morgan fingerprint density at radius 1 is 1.12 bits per heavy atom. The summed E-state index contributed by atoms with van der Waals surface area (Å²) in [5.74, 6) is 1.12. The van der Waals surface area contributed by atoms with Gasteiger partial charge in [-0.15, -0.1) is 0 Å². The molecular weight excluding hydrogens is 206 g/mol. The summed E-state index contributed by atoms with van der Waals surface area (Å²) in [7, 11) is 3.11. The molecule has 0 aliphatic heterocycles. The molecule has 2 aromatic rings. The van der Waals surface area contributed by atoms with Gasteiger partial charge in [0.05, 0.1) is 6.20 Å². The number of nitrogens with zero attached hydrogens (tertiary/aromatic N) is 1. The fraction of sp³-hybridized carbons (Fsp3) is 0.250. The summed E-state index contributed by atoms with van der Waals surface area (Å²) in [5, 5.41) is 0. The zero-order valence-electron chi connectivity index (χ0n) is 9.21. The Morgan fingerprint density at radius 2 is 1.81 bits per heavy atom. The number of ether oxygens (including phenoxy) is 2. The molecule has 0 spiro atoms. The van der Waals surface area contributed by atoms with E-state index in [0.29, 0.717) is 11.7 Å². The number of hydrogen-bond acceptors (Lipinski definition) is 4. The number of oxazole rings is 1. The average molecular weight is 219 g/mol. The molecule has 0 amide bonds.